The molecular formula is C13H24N2O5. The minimum absolute atomic E-state index is 0.213. The molecule has 1 heterocycles. The third-order valence-corrected chi connectivity index (χ3v) is 3.23. The zero-order valence-electron chi connectivity index (χ0n) is 12.1. The highest BCUT2D eigenvalue weighted by molar-refractivity contribution is 5.83. The zero-order chi connectivity index (χ0) is 15.0. The quantitative estimate of drug-likeness (QED) is 0.641. The number of amides is 2. The van der Waals surface area contributed by atoms with Crippen LogP contribution in [0.5, 0.6) is 0 Å². The van der Waals surface area contributed by atoms with Gasteiger partial charge < -0.3 is 24.8 Å². The molecule has 0 spiro atoms. The minimum atomic E-state index is -0.994. The SMILES string of the molecule is CCCOCCCNC(=O)N1CC(OC)CC1C(=O)O. The summed E-state index contributed by atoms with van der Waals surface area (Å²) in [4.78, 5) is 24.4. The van der Waals surface area contributed by atoms with Crippen molar-refractivity contribution >= 4 is 12.0 Å². The summed E-state index contributed by atoms with van der Waals surface area (Å²) in [5.41, 5.74) is 0. The lowest BCUT2D eigenvalue weighted by Crippen LogP contribution is -2.46. The van der Waals surface area contributed by atoms with Crippen molar-refractivity contribution in [1.29, 1.82) is 0 Å². The van der Waals surface area contributed by atoms with Crippen LogP contribution >= 0.6 is 0 Å². The molecule has 2 N–H and O–H groups in total. The number of urea groups is 1. The van der Waals surface area contributed by atoms with E-state index in [1.54, 1.807) is 0 Å². The molecule has 1 fully saturated rings. The monoisotopic (exact) mass is 288 g/mol. The van der Waals surface area contributed by atoms with Gasteiger partial charge in [-0.05, 0) is 12.8 Å². The highest BCUT2D eigenvalue weighted by atomic mass is 16.5. The van der Waals surface area contributed by atoms with E-state index in [-0.39, 0.29) is 12.1 Å². The van der Waals surface area contributed by atoms with Gasteiger partial charge >= 0.3 is 12.0 Å². The number of ether oxygens (including phenoxy) is 2. The fourth-order valence-electron chi connectivity index (χ4n) is 2.14. The molecule has 1 rings (SSSR count). The van der Waals surface area contributed by atoms with Gasteiger partial charge in [0.15, 0.2) is 0 Å². The Kier molecular flexibility index (Phi) is 7.32. The first-order chi connectivity index (χ1) is 9.60. The normalized spacial score (nSPS) is 22.0. The number of carboxylic acids is 1. The van der Waals surface area contributed by atoms with Crippen molar-refractivity contribution in [3.63, 3.8) is 0 Å². The van der Waals surface area contributed by atoms with Gasteiger partial charge in [-0.3, -0.25) is 0 Å². The molecule has 116 valence electrons. The number of nitrogens with zero attached hydrogens (tertiary/aromatic N) is 1. The molecule has 0 aliphatic carbocycles. The van der Waals surface area contributed by atoms with E-state index >= 15 is 0 Å². The Morgan fingerprint density at radius 1 is 1.40 bits per heavy atom. The van der Waals surface area contributed by atoms with Crippen molar-refractivity contribution in [2.75, 3.05) is 33.4 Å². The smallest absolute Gasteiger partial charge is 0.326 e. The van der Waals surface area contributed by atoms with E-state index in [4.69, 9.17) is 14.6 Å². The summed E-state index contributed by atoms with van der Waals surface area (Å²) in [5, 5.41) is 11.8. The predicted molar refractivity (Wildman–Crippen MR) is 72.7 cm³/mol. The highest BCUT2D eigenvalue weighted by Crippen LogP contribution is 2.20. The van der Waals surface area contributed by atoms with Gasteiger partial charge in [-0.15, -0.1) is 0 Å². The summed E-state index contributed by atoms with van der Waals surface area (Å²) < 4.78 is 10.4. The van der Waals surface area contributed by atoms with Crippen LogP contribution < -0.4 is 5.32 Å². The van der Waals surface area contributed by atoms with Gasteiger partial charge in [0.25, 0.3) is 0 Å². The zero-order valence-corrected chi connectivity index (χ0v) is 12.1. The number of carbonyl (C=O) groups excluding carboxylic acids is 1. The summed E-state index contributed by atoms with van der Waals surface area (Å²) in [6.07, 6.45) is 1.80. The second-order valence-electron chi connectivity index (χ2n) is 4.80. The molecule has 2 atom stereocenters. The Hall–Kier alpha value is -1.34. The number of rotatable bonds is 8. The Morgan fingerprint density at radius 2 is 2.15 bits per heavy atom. The summed E-state index contributed by atoms with van der Waals surface area (Å²) in [6.45, 7) is 4.13. The molecule has 1 aliphatic rings. The van der Waals surface area contributed by atoms with Crippen LogP contribution in [0.2, 0.25) is 0 Å². The topological polar surface area (TPSA) is 88.1 Å². The maximum absolute atomic E-state index is 12.0. The molecular weight excluding hydrogens is 264 g/mol. The molecule has 0 radical (unpaired) electrons. The van der Waals surface area contributed by atoms with Gasteiger partial charge in [0, 0.05) is 39.8 Å². The van der Waals surface area contributed by atoms with Gasteiger partial charge in [0.05, 0.1) is 6.10 Å². The molecule has 0 aromatic carbocycles. The van der Waals surface area contributed by atoms with E-state index in [2.05, 4.69) is 5.32 Å². The molecule has 2 unspecified atom stereocenters. The average molecular weight is 288 g/mol. The van der Waals surface area contributed by atoms with Gasteiger partial charge in [-0.25, -0.2) is 9.59 Å². The maximum Gasteiger partial charge on any atom is 0.326 e. The Labute approximate surface area is 119 Å². The first kappa shape index (κ1) is 16.7. The summed E-state index contributed by atoms with van der Waals surface area (Å²) in [6, 6.07) is -1.16. The van der Waals surface area contributed by atoms with Crippen molar-refractivity contribution in [2.24, 2.45) is 0 Å². The number of carbonyl (C=O) groups is 2. The lowest BCUT2D eigenvalue weighted by molar-refractivity contribution is -0.141. The van der Waals surface area contributed by atoms with Gasteiger partial charge in [-0.2, -0.15) is 0 Å². The third kappa shape index (κ3) is 4.97. The minimum Gasteiger partial charge on any atom is -0.480 e. The largest absolute Gasteiger partial charge is 0.480 e. The Morgan fingerprint density at radius 3 is 2.75 bits per heavy atom. The van der Waals surface area contributed by atoms with Crippen LogP contribution in [0.1, 0.15) is 26.2 Å². The van der Waals surface area contributed by atoms with E-state index in [1.807, 2.05) is 6.92 Å². The van der Waals surface area contributed by atoms with E-state index < -0.39 is 12.0 Å². The fraction of sp³-hybridized carbons (Fsp3) is 0.846. The number of methoxy groups -OCH3 is 1. The van der Waals surface area contributed by atoms with Crippen LogP contribution in [0.4, 0.5) is 4.79 Å². The Balaban J connectivity index is 2.32. The van der Waals surface area contributed by atoms with Crippen LogP contribution in [-0.2, 0) is 14.3 Å². The van der Waals surface area contributed by atoms with Crippen molar-refractivity contribution in [2.45, 2.75) is 38.3 Å². The molecule has 0 aromatic heterocycles. The number of hydrogen-bond donors (Lipinski definition) is 2. The van der Waals surface area contributed by atoms with Crippen LogP contribution in [0.3, 0.4) is 0 Å². The fourth-order valence-corrected chi connectivity index (χ4v) is 2.14. The first-order valence-electron chi connectivity index (χ1n) is 6.98. The van der Waals surface area contributed by atoms with E-state index in [1.165, 1.54) is 12.0 Å². The maximum atomic E-state index is 12.0. The number of nitrogens with one attached hydrogen (secondary N) is 1. The van der Waals surface area contributed by atoms with Crippen molar-refractivity contribution in [3.8, 4) is 0 Å². The number of carboxylic acid groups (broad SMARTS) is 1. The molecule has 1 aliphatic heterocycles. The van der Waals surface area contributed by atoms with Gasteiger partial charge in [0.2, 0.25) is 0 Å². The molecule has 0 bridgehead atoms. The molecule has 2 amide bonds. The standard InChI is InChI=1S/C13H24N2O5/c1-3-6-20-7-4-5-14-13(18)15-9-10(19-2)8-11(15)12(16)17/h10-11H,3-9H2,1-2H3,(H,14,18)(H,16,17). The summed E-state index contributed by atoms with van der Waals surface area (Å²) >= 11 is 0. The van der Waals surface area contributed by atoms with E-state index in [0.717, 1.165) is 13.0 Å². The van der Waals surface area contributed by atoms with Gasteiger partial charge in [-0.1, -0.05) is 6.92 Å². The number of likely N-dealkylation sites (tertiary alicyclic amines) is 1. The van der Waals surface area contributed by atoms with Crippen molar-refractivity contribution in [3.05, 3.63) is 0 Å². The van der Waals surface area contributed by atoms with Crippen molar-refractivity contribution < 1.29 is 24.2 Å². The lowest BCUT2D eigenvalue weighted by atomic mass is 10.2. The lowest BCUT2D eigenvalue weighted by Gasteiger charge is -2.21. The van der Waals surface area contributed by atoms with Crippen LogP contribution in [0, 0.1) is 0 Å². The average Bonchev–Trinajstić information content (AvgIpc) is 2.87. The predicted octanol–water partition coefficient (Wildman–Crippen LogP) is 0.687. The van der Waals surface area contributed by atoms with E-state index in [0.29, 0.717) is 32.5 Å². The second kappa shape index (κ2) is 8.76. The molecule has 7 heteroatoms. The summed E-state index contributed by atoms with van der Waals surface area (Å²) in [7, 11) is 1.52. The van der Waals surface area contributed by atoms with Crippen molar-refractivity contribution in [1.82, 2.24) is 10.2 Å². The number of aliphatic carboxylic acids is 1. The van der Waals surface area contributed by atoms with E-state index in [9.17, 15) is 9.59 Å². The number of hydrogen-bond acceptors (Lipinski definition) is 4. The molecule has 0 aromatic rings. The van der Waals surface area contributed by atoms with Gasteiger partial charge in [0.1, 0.15) is 6.04 Å². The summed E-state index contributed by atoms with van der Waals surface area (Å²) in [5.74, 6) is -0.994. The molecule has 7 nitrogen and oxygen atoms in total. The van der Waals surface area contributed by atoms with Crippen LogP contribution in [-0.4, -0.2) is 67.6 Å². The molecule has 1 saturated heterocycles. The molecule has 0 saturated carbocycles. The third-order valence-electron chi connectivity index (χ3n) is 3.23. The second-order valence-corrected chi connectivity index (χ2v) is 4.80. The van der Waals surface area contributed by atoms with Crippen LogP contribution in [0.25, 0.3) is 0 Å². The molecule has 20 heavy (non-hydrogen) atoms. The van der Waals surface area contributed by atoms with Crippen LogP contribution in [0.15, 0.2) is 0 Å². The Bertz CT molecular complexity index is 324. The first-order valence-corrected chi connectivity index (χ1v) is 6.98. The highest BCUT2D eigenvalue weighted by Gasteiger charge is 2.39.